The summed E-state index contributed by atoms with van der Waals surface area (Å²) in [5.41, 5.74) is 2.18. The van der Waals surface area contributed by atoms with Gasteiger partial charge < -0.3 is 15.0 Å². The van der Waals surface area contributed by atoms with Crippen molar-refractivity contribution in [1.29, 1.82) is 0 Å². The summed E-state index contributed by atoms with van der Waals surface area (Å²) >= 11 is 0. The van der Waals surface area contributed by atoms with E-state index >= 15 is 0 Å². The minimum Gasteiger partial charge on any atom is -0.378 e. The number of anilines is 1. The van der Waals surface area contributed by atoms with Gasteiger partial charge in [-0.3, -0.25) is 13.9 Å². The van der Waals surface area contributed by atoms with E-state index in [0.29, 0.717) is 44.1 Å². The Morgan fingerprint density at radius 3 is 2.45 bits per heavy atom. The number of hydrogen-bond acceptors (Lipinski definition) is 5. The highest BCUT2D eigenvalue weighted by Crippen LogP contribution is 2.20. The molecule has 1 fully saturated rings. The van der Waals surface area contributed by atoms with Crippen molar-refractivity contribution in [2.75, 3.05) is 50.0 Å². The van der Waals surface area contributed by atoms with Crippen molar-refractivity contribution in [3.05, 3.63) is 41.5 Å². The topological polar surface area (TPSA) is 96.0 Å². The van der Waals surface area contributed by atoms with E-state index in [9.17, 15) is 18.0 Å². The molecule has 2 aliphatic rings. The van der Waals surface area contributed by atoms with E-state index in [-0.39, 0.29) is 18.4 Å². The van der Waals surface area contributed by atoms with Crippen molar-refractivity contribution in [3.63, 3.8) is 0 Å². The highest BCUT2D eigenvalue weighted by atomic mass is 32.2. The van der Waals surface area contributed by atoms with Crippen molar-refractivity contribution >= 4 is 27.5 Å². The average Bonchev–Trinajstić information content (AvgIpc) is 2.78. The number of nitrogens with one attached hydrogen (secondary N) is 1. The Bertz CT molecular complexity index is 906. The number of allylic oxidation sites excluding steroid dienone is 1. The summed E-state index contributed by atoms with van der Waals surface area (Å²) < 4.78 is 30.9. The predicted octanol–water partition coefficient (Wildman–Crippen LogP) is 1.93. The number of morpholine rings is 1. The number of hydrogen-bond donors (Lipinski definition) is 1. The molecule has 1 saturated heterocycles. The van der Waals surface area contributed by atoms with E-state index in [1.54, 1.807) is 29.2 Å². The molecule has 31 heavy (non-hydrogen) atoms. The zero-order valence-electron chi connectivity index (χ0n) is 18.0. The van der Waals surface area contributed by atoms with E-state index in [1.165, 1.54) is 18.4 Å². The Kier molecular flexibility index (Phi) is 8.09. The SMILES string of the molecule is CS(=O)(=O)N(CC(=O)NCCC1=CCCCC1)c1ccc(C(=O)N2CCOCC2)cc1. The first-order valence-corrected chi connectivity index (χ1v) is 12.6. The summed E-state index contributed by atoms with van der Waals surface area (Å²) in [6.45, 7) is 2.29. The number of ether oxygens (including phenoxy) is 1. The van der Waals surface area contributed by atoms with Crippen LogP contribution in [0.25, 0.3) is 0 Å². The van der Waals surface area contributed by atoms with Crippen molar-refractivity contribution in [1.82, 2.24) is 10.2 Å². The molecule has 2 amide bonds. The van der Waals surface area contributed by atoms with Crippen LogP contribution in [0.3, 0.4) is 0 Å². The molecular weight excluding hydrogens is 418 g/mol. The van der Waals surface area contributed by atoms with Gasteiger partial charge in [0.05, 0.1) is 25.2 Å². The first-order chi connectivity index (χ1) is 14.8. The highest BCUT2D eigenvalue weighted by Gasteiger charge is 2.22. The summed E-state index contributed by atoms with van der Waals surface area (Å²) in [7, 11) is -3.66. The molecule has 9 heteroatoms. The first-order valence-electron chi connectivity index (χ1n) is 10.7. The van der Waals surface area contributed by atoms with E-state index in [2.05, 4.69) is 11.4 Å². The number of sulfonamides is 1. The molecule has 1 heterocycles. The van der Waals surface area contributed by atoms with Gasteiger partial charge in [0, 0.05) is 25.2 Å². The fraction of sp³-hybridized carbons (Fsp3) is 0.545. The van der Waals surface area contributed by atoms with Crippen molar-refractivity contribution in [2.24, 2.45) is 0 Å². The number of nitrogens with zero attached hydrogens (tertiary/aromatic N) is 2. The van der Waals surface area contributed by atoms with Gasteiger partial charge in [-0.05, 0) is 56.4 Å². The molecule has 0 spiro atoms. The van der Waals surface area contributed by atoms with Gasteiger partial charge in [-0.2, -0.15) is 0 Å². The van der Waals surface area contributed by atoms with Crippen molar-refractivity contribution in [2.45, 2.75) is 32.1 Å². The Morgan fingerprint density at radius 2 is 1.84 bits per heavy atom. The lowest BCUT2D eigenvalue weighted by molar-refractivity contribution is -0.119. The zero-order chi connectivity index (χ0) is 22.3. The Hall–Kier alpha value is -2.39. The maximum Gasteiger partial charge on any atom is 0.254 e. The molecule has 8 nitrogen and oxygen atoms in total. The molecule has 1 aromatic carbocycles. The van der Waals surface area contributed by atoms with Crippen molar-refractivity contribution < 1.29 is 22.7 Å². The number of benzene rings is 1. The lowest BCUT2D eigenvalue weighted by Gasteiger charge is -2.27. The van der Waals surface area contributed by atoms with E-state index in [0.717, 1.165) is 29.8 Å². The van der Waals surface area contributed by atoms with Crippen LogP contribution in [0.5, 0.6) is 0 Å². The molecule has 0 saturated carbocycles. The maximum absolute atomic E-state index is 12.6. The fourth-order valence-corrected chi connectivity index (χ4v) is 4.66. The Morgan fingerprint density at radius 1 is 1.13 bits per heavy atom. The van der Waals surface area contributed by atoms with Gasteiger partial charge in [0.2, 0.25) is 15.9 Å². The van der Waals surface area contributed by atoms with Gasteiger partial charge >= 0.3 is 0 Å². The smallest absolute Gasteiger partial charge is 0.254 e. The van der Waals surface area contributed by atoms with Gasteiger partial charge in [0.1, 0.15) is 6.54 Å². The van der Waals surface area contributed by atoms with E-state index in [4.69, 9.17) is 4.74 Å². The monoisotopic (exact) mass is 449 g/mol. The summed E-state index contributed by atoms with van der Waals surface area (Å²) in [6, 6.07) is 6.32. The summed E-state index contributed by atoms with van der Waals surface area (Å²) in [5.74, 6) is -0.467. The molecule has 1 aliphatic heterocycles. The molecule has 1 aliphatic carbocycles. The summed E-state index contributed by atoms with van der Waals surface area (Å²) in [5, 5.41) is 2.82. The number of carbonyl (C=O) groups excluding carboxylic acids is 2. The third kappa shape index (κ3) is 6.80. The summed E-state index contributed by atoms with van der Waals surface area (Å²) in [4.78, 5) is 26.7. The van der Waals surface area contributed by atoms with Crippen LogP contribution in [0, 0.1) is 0 Å². The number of rotatable bonds is 8. The highest BCUT2D eigenvalue weighted by molar-refractivity contribution is 7.92. The molecule has 0 bridgehead atoms. The minimum atomic E-state index is -3.66. The van der Waals surface area contributed by atoms with Gasteiger partial charge in [-0.1, -0.05) is 11.6 Å². The standard InChI is InChI=1S/C22H31N3O5S/c1-31(28,29)25(17-21(26)23-12-11-18-5-3-2-4-6-18)20-9-7-19(8-10-20)22(27)24-13-15-30-16-14-24/h5,7-10H,2-4,6,11-17H2,1H3,(H,23,26). The van der Waals surface area contributed by atoms with Crippen LogP contribution in [0.1, 0.15) is 42.5 Å². The molecule has 0 unspecified atom stereocenters. The molecule has 0 aromatic heterocycles. The minimum absolute atomic E-state index is 0.115. The fourth-order valence-electron chi connectivity index (χ4n) is 3.80. The van der Waals surface area contributed by atoms with Crippen LogP contribution in [-0.2, 0) is 19.6 Å². The molecule has 1 aromatic rings. The lowest BCUT2D eigenvalue weighted by Crippen LogP contribution is -2.41. The van der Waals surface area contributed by atoms with Gasteiger partial charge in [0.25, 0.3) is 5.91 Å². The molecule has 1 N–H and O–H groups in total. The number of carbonyl (C=O) groups is 2. The Balaban J connectivity index is 1.60. The first kappa shape index (κ1) is 23.3. The summed E-state index contributed by atoms with van der Waals surface area (Å²) in [6.07, 6.45) is 8.67. The van der Waals surface area contributed by atoms with Gasteiger partial charge in [-0.25, -0.2) is 8.42 Å². The lowest BCUT2D eigenvalue weighted by atomic mass is 9.97. The quantitative estimate of drug-likeness (QED) is 0.612. The van der Waals surface area contributed by atoms with E-state index in [1.807, 2.05) is 0 Å². The molecule has 3 rings (SSSR count). The average molecular weight is 450 g/mol. The maximum atomic E-state index is 12.6. The van der Waals surface area contributed by atoms with Gasteiger partial charge in [0.15, 0.2) is 0 Å². The van der Waals surface area contributed by atoms with Crippen LogP contribution >= 0.6 is 0 Å². The second-order valence-corrected chi connectivity index (χ2v) is 9.84. The number of amides is 2. The molecule has 0 atom stereocenters. The van der Waals surface area contributed by atoms with Crippen LogP contribution in [0.4, 0.5) is 5.69 Å². The van der Waals surface area contributed by atoms with Gasteiger partial charge in [-0.15, -0.1) is 0 Å². The zero-order valence-corrected chi connectivity index (χ0v) is 18.8. The largest absolute Gasteiger partial charge is 0.378 e. The Labute approximate surface area is 184 Å². The van der Waals surface area contributed by atoms with Crippen LogP contribution in [-0.4, -0.2) is 70.8 Å². The van der Waals surface area contributed by atoms with Crippen LogP contribution < -0.4 is 9.62 Å². The molecular formula is C22H31N3O5S. The predicted molar refractivity (Wildman–Crippen MR) is 120 cm³/mol. The van der Waals surface area contributed by atoms with Crippen molar-refractivity contribution in [3.8, 4) is 0 Å². The van der Waals surface area contributed by atoms with Crippen LogP contribution in [0.15, 0.2) is 35.9 Å². The third-order valence-electron chi connectivity index (χ3n) is 5.54. The second kappa shape index (κ2) is 10.8. The molecule has 170 valence electrons. The normalized spacial score (nSPS) is 17.1. The second-order valence-electron chi connectivity index (χ2n) is 7.93. The van der Waals surface area contributed by atoms with E-state index < -0.39 is 10.0 Å². The van der Waals surface area contributed by atoms with Crippen LogP contribution in [0.2, 0.25) is 0 Å². The third-order valence-corrected chi connectivity index (χ3v) is 6.68. The molecule has 0 radical (unpaired) electrons.